The molecule has 0 amide bonds. The van der Waals surface area contributed by atoms with E-state index < -0.39 is 0 Å². The zero-order chi connectivity index (χ0) is 15.5. The lowest BCUT2D eigenvalue weighted by molar-refractivity contribution is 0.525. The molecule has 0 saturated heterocycles. The van der Waals surface area contributed by atoms with Crippen LogP contribution in [0.4, 0.5) is 5.82 Å². The molecule has 0 spiro atoms. The quantitative estimate of drug-likeness (QED) is 0.738. The highest BCUT2D eigenvalue weighted by Crippen LogP contribution is 2.36. The molecule has 0 unspecified atom stereocenters. The molecule has 3 nitrogen and oxygen atoms in total. The number of anilines is 1. The van der Waals surface area contributed by atoms with E-state index in [2.05, 4.69) is 48.9 Å². The number of hydrogen-bond acceptors (Lipinski definition) is 3. The third kappa shape index (κ3) is 4.18. The van der Waals surface area contributed by atoms with E-state index in [-0.39, 0.29) is 5.41 Å². The minimum atomic E-state index is 0.0193. The Bertz CT molecular complexity index is 472. The lowest BCUT2D eigenvalue weighted by atomic mass is 9.91. The highest BCUT2D eigenvalue weighted by Gasteiger charge is 2.26. The molecular formula is C17H28BrN3. The Morgan fingerprint density at radius 2 is 1.71 bits per heavy atom. The third-order valence-corrected chi connectivity index (χ3v) is 4.89. The molecule has 1 saturated carbocycles. The van der Waals surface area contributed by atoms with E-state index in [9.17, 15) is 0 Å². The van der Waals surface area contributed by atoms with Gasteiger partial charge in [-0.1, -0.05) is 46.5 Å². The summed E-state index contributed by atoms with van der Waals surface area (Å²) in [5, 5.41) is 3.39. The fraction of sp³-hybridized carbons (Fsp3) is 0.765. The van der Waals surface area contributed by atoms with Crippen molar-refractivity contribution < 1.29 is 0 Å². The van der Waals surface area contributed by atoms with Gasteiger partial charge in [0, 0.05) is 17.9 Å². The molecule has 118 valence electrons. The number of halogens is 1. The summed E-state index contributed by atoms with van der Waals surface area (Å²) in [6.07, 6.45) is 7.81. The second-order valence-corrected chi connectivity index (χ2v) is 7.85. The number of hydrogen-bond donors (Lipinski definition) is 1. The molecule has 1 aromatic rings. The predicted molar refractivity (Wildman–Crippen MR) is 93.0 cm³/mol. The molecule has 0 atom stereocenters. The second-order valence-electron chi connectivity index (χ2n) is 7.06. The number of aromatic nitrogens is 2. The first-order valence-corrected chi connectivity index (χ1v) is 9.04. The van der Waals surface area contributed by atoms with Crippen LogP contribution in [0.3, 0.4) is 0 Å². The molecular weight excluding hydrogens is 326 g/mol. The second kappa shape index (κ2) is 7.08. The Morgan fingerprint density at radius 1 is 1.10 bits per heavy atom. The molecule has 1 aliphatic rings. The average Bonchev–Trinajstić information content (AvgIpc) is 2.69. The Hall–Kier alpha value is -0.640. The highest BCUT2D eigenvalue weighted by atomic mass is 79.9. The van der Waals surface area contributed by atoms with Crippen LogP contribution in [-0.2, 0) is 5.41 Å². The van der Waals surface area contributed by atoms with Crippen molar-refractivity contribution in [3.63, 3.8) is 0 Å². The van der Waals surface area contributed by atoms with Gasteiger partial charge in [-0.3, -0.25) is 0 Å². The molecule has 1 N–H and O–H groups in total. The smallest absolute Gasteiger partial charge is 0.144 e. The molecule has 4 heteroatoms. The minimum Gasteiger partial charge on any atom is -0.369 e. The summed E-state index contributed by atoms with van der Waals surface area (Å²) < 4.78 is 1.02. The van der Waals surface area contributed by atoms with Crippen molar-refractivity contribution >= 4 is 21.7 Å². The van der Waals surface area contributed by atoms with E-state index in [1.165, 1.54) is 38.5 Å². The maximum atomic E-state index is 4.95. The van der Waals surface area contributed by atoms with Gasteiger partial charge in [0.2, 0.25) is 0 Å². The predicted octanol–water partition coefficient (Wildman–Crippen LogP) is 5.41. The van der Waals surface area contributed by atoms with Gasteiger partial charge in [0.25, 0.3) is 0 Å². The van der Waals surface area contributed by atoms with Crippen LogP contribution < -0.4 is 5.32 Å². The molecule has 1 aliphatic carbocycles. The van der Waals surface area contributed by atoms with Gasteiger partial charge >= 0.3 is 0 Å². The van der Waals surface area contributed by atoms with Gasteiger partial charge in [-0.25, -0.2) is 9.97 Å². The van der Waals surface area contributed by atoms with Crippen LogP contribution >= 0.6 is 15.9 Å². The van der Waals surface area contributed by atoms with E-state index in [1.807, 2.05) is 0 Å². The summed E-state index contributed by atoms with van der Waals surface area (Å²) in [4.78, 5) is 9.79. The topological polar surface area (TPSA) is 37.8 Å². The lowest BCUT2D eigenvalue weighted by Gasteiger charge is -2.24. The van der Waals surface area contributed by atoms with Gasteiger partial charge in [-0.2, -0.15) is 0 Å². The van der Waals surface area contributed by atoms with Crippen molar-refractivity contribution in [1.82, 2.24) is 9.97 Å². The van der Waals surface area contributed by atoms with E-state index in [4.69, 9.17) is 9.97 Å². The standard InChI is InChI=1S/C17H28BrN3/c1-5-19-16-13(18)14(17(2,3)4)20-15(21-16)12-10-8-6-7-9-11-12/h12H,5-11H2,1-4H3,(H,19,20,21). The van der Waals surface area contributed by atoms with Gasteiger partial charge in [-0.15, -0.1) is 0 Å². The Morgan fingerprint density at radius 3 is 2.24 bits per heavy atom. The fourth-order valence-electron chi connectivity index (χ4n) is 2.97. The lowest BCUT2D eigenvalue weighted by Crippen LogP contribution is -2.19. The van der Waals surface area contributed by atoms with Crippen molar-refractivity contribution in [3.05, 3.63) is 16.0 Å². The van der Waals surface area contributed by atoms with Crippen molar-refractivity contribution in [2.24, 2.45) is 0 Å². The minimum absolute atomic E-state index is 0.0193. The Labute approximate surface area is 137 Å². The van der Waals surface area contributed by atoms with Crippen LogP contribution in [0.2, 0.25) is 0 Å². The largest absolute Gasteiger partial charge is 0.369 e. The van der Waals surface area contributed by atoms with Crippen LogP contribution in [0, 0.1) is 0 Å². The first kappa shape index (κ1) is 16.7. The van der Waals surface area contributed by atoms with E-state index in [1.54, 1.807) is 0 Å². The molecule has 0 aliphatic heterocycles. The summed E-state index contributed by atoms with van der Waals surface area (Å²) in [6, 6.07) is 0. The van der Waals surface area contributed by atoms with Crippen LogP contribution in [0.1, 0.15) is 83.7 Å². The van der Waals surface area contributed by atoms with Crippen molar-refractivity contribution in [3.8, 4) is 0 Å². The molecule has 0 bridgehead atoms. The first-order chi connectivity index (χ1) is 9.93. The SMILES string of the molecule is CCNc1nc(C2CCCCCC2)nc(C(C)(C)C)c1Br. The van der Waals surface area contributed by atoms with Gasteiger partial charge in [0.05, 0.1) is 10.2 Å². The normalized spacial score (nSPS) is 17.6. The molecule has 2 rings (SSSR count). The van der Waals surface area contributed by atoms with Crippen molar-refractivity contribution in [1.29, 1.82) is 0 Å². The maximum absolute atomic E-state index is 4.95. The average molecular weight is 354 g/mol. The van der Waals surface area contributed by atoms with Crippen molar-refractivity contribution in [2.45, 2.75) is 77.6 Å². The van der Waals surface area contributed by atoms with Crippen LogP contribution in [-0.4, -0.2) is 16.5 Å². The molecule has 1 heterocycles. The highest BCUT2D eigenvalue weighted by molar-refractivity contribution is 9.10. The van der Waals surface area contributed by atoms with Crippen LogP contribution in [0.25, 0.3) is 0 Å². The number of rotatable bonds is 3. The van der Waals surface area contributed by atoms with E-state index >= 15 is 0 Å². The molecule has 1 fully saturated rings. The maximum Gasteiger partial charge on any atom is 0.144 e. The molecule has 1 aromatic heterocycles. The Balaban J connectivity index is 2.42. The van der Waals surface area contributed by atoms with Gasteiger partial charge < -0.3 is 5.32 Å². The van der Waals surface area contributed by atoms with E-state index in [0.717, 1.165) is 28.4 Å². The zero-order valence-electron chi connectivity index (χ0n) is 13.8. The first-order valence-electron chi connectivity index (χ1n) is 8.25. The fourth-order valence-corrected chi connectivity index (χ4v) is 3.88. The summed E-state index contributed by atoms with van der Waals surface area (Å²) in [7, 11) is 0. The zero-order valence-corrected chi connectivity index (χ0v) is 15.4. The summed E-state index contributed by atoms with van der Waals surface area (Å²) in [5.74, 6) is 2.52. The summed E-state index contributed by atoms with van der Waals surface area (Å²) in [5.41, 5.74) is 1.14. The molecule has 0 radical (unpaired) electrons. The van der Waals surface area contributed by atoms with Crippen LogP contribution in [0.15, 0.2) is 4.47 Å². The van der Waals surface area contributed by atoms with Gasteiger partial charge in [0.1, 0.15) is 11.6 Å². The summed E-state index contributed by atoms with van der Waals surface area (Å²) >= 11 is 3.70. The van der Waals surface area contributed by atoms with Gasteiger partial charge in [0.15, 0.2) is 0 Å². The Kier molecular flexibility index (Phi) is 5.64. The third-order valence-electron chi connectivity index (χ3n) is 4.14. The number of nitrogens with one attached hydrogen (secondary N) is 1. The number of nitrogens with zero attached hydrogens (tertiary/aromatic N) is 2. The molecule has 0 aromatic carbocycles. The van der Waals surface area contributed by atoms with Gasteiger partial charge in [-0.05, 0) is 35.7 Å². The van der Waals surface area contributed by atoms with Crippen molar-refractivity contribution in [2.75, 3.05) is 11.9 Å². The molecule has 21 heavy (non-hydrogen) atoms. The van der Waals surface area contributed by atoms with E-state index in [0.29, 0.717) is 5.92 Å². The van der Waals surface area contributed by atoms with Crippen LogP contribution in [0.5, 0.6) is 0 Å². The monoisotopic (exact) mass is 353 g/mol. The summed E-state index contributed by atoms with van der Waals surface area (Å²) in [6.45, 7) is 9.63.